The lowest BCUT2D eigenvalue weighted by molar-refractivity contribution is 0.0973. The zero-order chi connectivity index (χ0) is 17.5. The molecule has 136 valence electrons. The second-order valence-electron chi connectivity index (χ2n) is 8.04. The van der Waals surface area contributed by atoms with Crippen LogP contribution in [0.15, 0.2) is 30.3 Å². The first-order chi connectivity index (χ1) is 12.8. The fraction of sp³-hybridized carbons (Fsp3) is 0.524. The van der Waals surface area contributed by atoms with Crippen molar-refractivity contribution in [3.05, 3.63) is 47.2 Å². The van der Waals surface area contributed by atoms with Crippen LogP contribution in [0.4, 0.5) is 11.8 Å². The highest BCUT2D eigenvalue weighted by molar-refractivity contribution is 5.54. The summed E-state index contributed by atoms with van der Waals surface area (Å²) in [6.45, 7) is 3.64. The van der Waals surface area contributed by atoms with Crippen LogP contribution in [0.2, 0.25) is 0 Å². The highest BCUT2D eigenvalue weighted by Gasteiger charge is 2.35. The molecule has 3 N–H and O–H groups in total. The molecule has 2 aromatic rings. The number of nitrogens with two attached hydrogens (primary N) is 1. The van der Waals surface area contributed by atoms with Crippen LogP contribution in [0, 0.1) is 5.92 Å². The minimum absolute atomic E-state index is 0.331. The van der Waals surface area contributed by atoms with Crippen molar-refractivity contribution in [1.82, 2.24) is 14.9 Å². The van der Waals surface area contributed by atoms with Gasteiger partial charge in [0.15, 0.2) is 0 Å². The molecule has 0 saturated carbocycles. The zero-order valence-electron chi connectivity index (χ0n) is 15.2. The minimum Gasteiger partial charge on any atom is -0.368 e. The van der Waals surface area contributed by atoms with Crippen LogP contribution in [0.5, 0.6) is 0 Å². The van der Waals surface area contributed by atoms with Crippen molar-refractivity contribution in [2.45, 2.75) is 44.1 Å². The Hall–Kier alpha value is -2.14. The van der Waals surface area contributed by atoms with Gasteiger partial charge in [0, 0.05) is 24.1 Å². The van der Waals surface area contributed by atoms with E-state index >= 15 is 0 Å². The van der Waals surface area contributed by atoms with Gasteiger partial charge >= 0.3 is 0 Å². The summed E-state index contributed by atoms with van der Waals surface area (Å²) in [4.78, 5) is 11.9. The predicted molar refractivity (Wildman–Crippen MR) is 104 cm³/mol. The van der Waals surface area contributed by atoms with Gasteiger partial charge in [-0.25, -0.2) is 4.98 Å². The molecule has 5 nitrogen and oxygen atoms in total. The second kappa shape index (κ2) is 6.54. The maximum Gasteiger partial charge on any atom is 0.222 e. The summed E-state index contributed by atoms with van der Waals surface area (Å²) in [5, 5.41) is 3.78. The smallest absolute Gasteiger partial charge is 0.222 e. The van der Waals surface area contributed by atoms with Gasteiger partial charge in [-0.15, -0.1) is 0 Å². The first kappa shape index (κ1) is 16.1. The van der Waals surface area contributed by atoms with Crippen LogP contribution in [0.1, 0.15) is 48.4 Å². The summed E-state index contributed by atoms with van der Waals surface area (Å²) in [5.41, 5.74) is 9.89. The van der Waals surface area contributed by atoms with Gasteiger partial charge in [-0.2, -0.15) is 4.98 Å². The highest BCUT2D eigenvalue weighted by Crippen LogP contribution is 2.39. The SMILES string of the molecule is Nc1nc(NC2CN3CCC2CC3)c2c(n1)C(c1ccccc1)CCC2. The lowest BCUT2D eigenvalue weighted by atomic mass is 9.81. The van der Waals surface area contributed by atoms with Crippen LogP contribution in [0.3, 0.4) is 0 Å². The molecule has 6 rings (SSSR count). The third-order valence-corrected chi connectivity index (χ3v) is 6.49. The highest BCUT2D eigenvalue weighted by atomic mass is 15.2. The summed E-state index contributed by atoms with van der Waals surface area (Å²) in [6, 6.07) is 11.2. The Balaban J connectivity index is 1.49. The standard InChI is InChI=1S/C21H27N5/c22-21-24-19-16(14-5-2-1-3-6-14)7-4-8-17(19)20(25-21)23-18-13-26-11-9-15(18)10-12-26/h1-3,5-6,15-16,18H,4,7-13H2,(H3,22,23,24,25). The Morgan fingerprint density at radius 2 is 1.85 bits per heavy atom. The molecular formula is C21H27N5. The molecule has 0 amide bonds. The molecule has 2 atom stereocenters. The summed E-state index contributed by atoms with van der Waals surface area (Å²) < 4.78 is 0. The van der Waals surface area contributed by atoms with Gasteiger partial charge in [0.1, 0.15) is 5.82 Å². The molecule has 4 heterocycles. The van der Waals surface area contributed by atoms with Crippen LogP contribution in [-0.2, 0) is 6.42 Å². The van der Waals surface area contributed by atoms with E-state index in [0.29, 0.717) is 17.9 Å². The van der Waals surface area contributed by atoms with Gasteiger partial charge < -0.3 is 16.0 Å². The van der Waals surface area contributed by atoms with Crippen molar-refractivity contribution in [1.29, 1.82) is 0 Å². The molecule has 0 spiro atoms. The Morgan fingerprint density at radius 1 is 1.04 bits per heavy atom. The predicted octanol–water partition coefficient (Wildman–Crippen LogP) is 3.03. The zero-order valence-corrected chi connectivity index (χ0v) is 15.2. The number of nitrogens with zero attached hydrogens (tertiary/aromatic N) is 3. The molecular weight excluding hydrogens is 322 g/mol. The largest absolute Gasteiger partial charge is 0.368 e. The molecule has 26 heavy (non-hydrogen) atoms. The molecule has 3 saturated heterocycles. The molecule has 1 aromatic heterocycles. The number of rotatable bonds is 3. The molecule has 0 radical (unpaired) electrons. The van der Waals surface area contributed by atoms with Gasteiger partial charge in [-0.1, -0.05) is 30.3 Å². The minimum atomic E-state index is 0.331. The number of aromatic nitrogens is 2. The first-order valence-electron chi connectivity index (χ1n) is 9.98. The quantitative estimate of drug-likeness (QED) is 0.891. The van der Waals surface area contributed by atoms with Crippen molar-refractivity contribution >= 4 is 11.8 Å². The number of piperidine rings is 3. The first-order valence-corrected chi connectivity index (χ1v) is 9.98. The Labute approximate surface area is 155 Å². The Bertz CT molecular complexity index is 782. The monoisotopic (exact) mass is 349 g/mol. The molecule has 2 bridgehead atoms. The van der Waals surface area contributed by atoms with Crippen LogP contribution in [-0.4, -0.2) is 40.5 Å². The van der Waals surface area contributed by atoms with Crippen LogP contribution >= 0.6 is 0 Å². The Morgan fingerprint density at radius 3 is 2.58 bits per heavy atom. The van der Waals surface area contributed by atoms with Gasteiger partial charge in [0.05, 0.1) is 5.69 Å². The van der Waals surface area contributed by atoms with E-state index in [2.05, 4.69) is 50.5 Å². The normalized spacial score (nSPS) is 30.0. The fourth-order valence-corrected chi connectivity index (χ4v) is 5.11. The lowest BCUT2D eigenvalue weighted by Gasteiger charge is -2.45. The second-order valence-corrected chi connectivity index (χ2v) is 8.04. The molecule has 1 aromatic carbocycles. The van der Waals surface area contributed by atoms with Crippen molar-refractivity contribution < 1.29 is 0 Å². The lowest BCUT2D eigenvalue weighted by Crippen LogP contribution is -2.53. The fourth-order valence-electron chi connectivity index (χ4n) is 5.11. The van der Waals surface area contributed by atoms with Gasteiger partial charge in [-0.05, 0) is 56.7 Å². The van der Waals surface area contributed by atoms with E-state index in [1.165, 1.54) is 43.5 Å². The maximum absolute atomic E-state index is 6.13. The van der Waals surface area contributed by atoms with E-state index in [4.69, 9.17) is 5.73 Å². The molecule has 5 heteroatoms. The van der Waals surface area contributed by atoms with E-state index in [9.17, 15) is 0 Å². The number of anilines is 2. The third kappa shape index (κ3) is 2.84. The van der Waals surface area contributed by atoms with E-state index in [1.807, 2.05) is 0 Å². The molecule has 3 aliphatic heterocycles. The van der Waals surface area contributed by atoms with E-state index < -0.39 is 0 Å². The summed E-state index contributed by atoms with van der Waals surface area (Å²) in [5.74, 6) is 2.49. The number of hydrogen-bond acceptors (Lipinski definition) is 5. The van der Waals surface area contributed by atoms with Gasteiger partial charge in [-0.3, -0.25) is 0 Å². The van der Waals surface area contributed by atoms with Crippen molar-refractivity contribution in [2.24, 2.45) is 5.92 Å². The number of benzene rings is 1. The van der Waals surface area contributed by atoms with E-state index in [1.54, 1.807) is 0 Å². The van der Waals surface area contributed by atoms with Crippen molar-refractivity contribution in [2.75, 3.05) is 30.7 Å². The third-order valence-electron chi connectivity index (χ3n) is 6.49. The summed E-state index contributed by atoms with van der Waals surface area (Å²) >= 11 is 0. The average Bonchev–Trinajstić information content (AvgIpc) is 2.69. The van der Waals surface area contributed by atoms with Crippen molar-refractivity contribution in [3.63, 3.8) is 0 Å². The van der Waals surface area contributed by atoms with Crippen LogP contribution in [0.25, 0.3) is 0 Å². The number of nitrogen functional groups attached to an aromatic ring is 1. The molecule has 2 unspecified atom stereocenters. The Kier molecular flexibility index (Phi) is 4.04. The summed E-state index contributed by atoms with van der Waals surface area (Å²) in [6.07, 6.45) is 5.95. The number of hydrogen-bond donors (Lipinski definition) is 2. The maximum atomic E-state index is 6.13. The van der Waals surface area contributed by atoms with E-state index in [0.717, 1.165) is 36.8 Å². The number of fused-ring (bicyclic) bond motifs is 4. The summed E-state index contributed by atoms with van der Waals surface area (Å²) in [7, 11) is 0. The molecule has 4 aliphatic rings. The molecule has 3 fully saturated rings. The average molecular weight is 349 g/mol. The van der Waals surface area contributed by atoms with Crippen LogP contribution < -0.4 is 11.1 Å². The van der Waals surface area contributed by atoms with E-state index in [-0.39, 0.29) is 0 Å². The topological polar surface area (TPSA) is 67.1 Å². The number of nitrogens with one attached hydrogen (secondary N) is 1. The van der Waals surface area contributed by atoms with Crippen molar-refractivity contribution in [3.8, 4) is 0 Å². The molecule has 1 aliphatic carbocycles. The van der Waals surface area contributed by atoms with Gasteiger partial charge in [0.25, 0.3) is 0 Å². The van der Waals surface area contributed by atoms with Gasteiger partial charge in [0.2, 0.25) is 5.95 Å².